The molecule has 0 saturated heterocycles. The van der Waals surface area contributed by atoms with Crippen molar-refractivity contribution in [3.8, 4) is 0 Å². The molecule has 0 radical (unpaired) electrons. The number of hydrogen-bond donors (Lipinski definition) is 0. The van der Waals surface area contributed by atoms with E-state index in [1.54, 1.807) is 0 Å². The van der Waals surface area contributed by atoms with Crippen LogP contribution in [0, 0.1) is 0 Å². The van der Waals surface area contributed by atoms with Gasteiger partial charge in [-0.15, -0.1) is 5.10 Å². The lowest BCUT2D eigenvalue weighted by molar-refractivity contribution is 0.0691. The van der Waals surface area contributed by atoms with E-state index in [-0.39, 0.29) is 0 Å². The van der Waals surface area contributed by atoms with Crippen LogP contribution in [0.3, 0.4) is 0 Å². The van der Waals surface area contributed by atoms with E-state index in [0.717, 1.165) is 17.7 Å². The average molecular weight is 403 g/mol. The van der Waals surface area contributed by atoms with Crippen molar-refractivity contribution in [1.29, 1.82) is 0 Å². The van der Waals surface area contributed by atoms with Gasteiger partial charge in [0, 0.05) is 12.1 Å². The number of aromatic nitrogens is 3. The standard InChI is InChI=1S/C23H40N4.C2H6/c1-5-9-11-15-20(7-3)26(21(8-4)16-12-10-6-2)19-27-23-18-14-13-17-22(23)24-25-27;1-2/h13-14,17-18,20-21H,5-12,15-16,19H2,1-4H3;1-2H3. The zero-order valence-electron chi connectivity index (χ0n) is 20.0. The Balaban J connectivity index is 0.00000204. The second-order valence-electron chi connectivity index (χ2n) is 7.85. The normalized spacial score (nSPS) is 13.3. The van der Waals surface area contributed by atoms with E-state index in [0.29, 0.717) is 12.1 Å². The predicted molar refractivity (Wildman–Crippen MR) is 127 cm³/mol. The third-order valence-corrected chi connectivity index (χ3v) is 5.88. The molecular formula is C25H46N4. The molecule has 0 fully saturated rings. The van der Waals surface area contributed by atoms with Gasteiger partial charge in [-0.3, -0.25) is 4.90 Å². The molecule has 0 saturated carbocycles. The van der Waals surface area contributed by atoms with E-state index < -0.39 is 0 Å². The second-order valence-corrected chi connectivity index (χ2v) is 7.85. The first-order chi connectivity index (χ1) is 14.2. The van der Waals surface area contributed by atoms with E-state index in [1.165, 1.54) is 64.2 Å². The van der Waals surface area contributed by atoms with E-state index in [9.17, 15) is 0 Å². The smallest absolute Gasteiger partial charge is 0.113 e. The summed E-state index contributed by atoms with van der Waals surface area (Å²) in [5.74, 6) is 0. The van der Waals surface area contributed by atoms with Gasteiger partial charge in [0.2, 0.25) is 0 Å². The van der Waals surface area contributed by atoms with Gasteiger partial charge in [-0.05, 0) is 37.8 Å². The number of unbranched alkanes of at least 4 members (excludes halogenated alkanes) is 4. The van der Waals surface area contributed by atoms with Gasteiger partial charge in [0.15, 0.2) is 0 Å². The molecule has 0 aliphatic heterocycles. The molecule has 0 spiro atoms. The van der Waals surface area contributed by atoms with Crippen LogP contribution in [0.5, 0.6) is 0 Å². The van der Waals surface area contributed by atoms with Crippen molar-refractivity contribution in [1.82, 2.24) is 19.9 Å². The lowest BCUT2D eigenvalue weighted by Crippen LogP contribution is -2.44. The number of para-hydroxylation sites is 1. The fourth-order valence-corrected chi connectivity index (χ4v) is 4.17. The summed E-state index contributed by atoms with van der Waals surface area (Å²) in [7, 11) is 0. The Morgan fingerprint density at radius 1 is 0.828 bits per heavy atom. The largest absolute Gasteiger partial charge is 0.278 e. The van der Waals surface area contributed by atoms with Crippen molar-refractivity contribution in [3.63, 3.8) is 0 Å². The molecule has 0 bridgehead atoms. The summed E-state index contributed by atoms with van der Waals surface area (Å²) >= 11 is 0. The van der Waals surface area contributed by atoms with Gasteiger partial charge in [0.25, 0.3) is 0 Å². The third-order valence-electron chi connectivity index (χ3n) is 5.88. The first-order valence-electron chi connectivity index (χ1n) is 12.3. The van der Waals surface area contributed by atoms with Gasteiger partial charge in [-0.25, -0.2) is 4.68 Å². The maximum atomic E-state index is 4.49. The summed E-state index contributed by atoms with van der Waals surface area (Å²) in [6.07, 6.45) is 12.9. The Morgan fingerprint density at radius 3 is 1.90 bits per heavy atom. The first kappa shape index (κ1) is 25.6. The highest BCUT2D eigenvalue weighted by Gasteiger charge is 2.25. The number of fused-ring (bicyclic) bond motifs is 1. The van der Waals surface area contributed by atoms with Crippen molar-refractivity contribution < 1.29 is 0 Å². The zero-order valence-corrected chi connectivity index (χ0v) is 20.0. The maximum absolute atomic E-state index is 4.49. The van der Waals surface area contributed by atoms with Crippen LogP contribution in [-0.2, 0) is 6.67 Å². The summed E-state index contributed by atoms with van der Waals surface area (Å²) in [6, 6.07) is 9.59. The molecule has 2 unspecified atom stereocenters. The van der Waals surface area contributed by atoms with Crippen LogP contribution < -0.4 is 0 Å². The number of hydrogen-bond acceptors (Lipinski definition) is 3. The van der Waals surface area contributed by atoms with Gasteiger partial charge >= 0.3 is 0 Å². The minimum atomic E-state index is 0.631. The van der Waals surface area contributed by atoms with E-state index >= 15 is 0 Å². The molecule has 1 heterocycles. The van der Waals surface area contributed by atoms with E-state index in [4.69, 9.17) is 0 Å². The first-order valence-corrected chi connectivity index (χ1v) is 12.3. The van der Waals surface area contributed by atoms with Gasteiger partial charge < -0.3 is 0 Å². The highest BCUT2D eigenvalue weighted by molar-refractivity contribution is 5.73. The molecule has 2 aromatic rings. The van der Waals surface area contributed by atoms with Crippen LogP contribution in [0.1, 0.15) is 106 Å². The summed E-state index contributed by atoms with van der Waals surface area (Å²) in [6.45, 7) is 14.1. The number of benzene rings is 1. The Morgan fingerprint density at radius 2 is 1.38 bits per heavy atom. The minimum absolute atomic E-state index is 0.631. The van der Waals surface area contributed by atoms with Crippen molar-refractivity contribution in [2.24, 2.45) is 0 Å². The van der Waals surface area contributed by atoms with Gasteiger partial charge in [0.05, 0.1) is 12.2 Å². The van der Waals surface area contributed by atoms with E-state index in [2.05, 4.69) is 65.8 Å². The van der Waals surface area contributed by atoms with Crippen LogP contribution in [0.2, 0.25) is 0 Å². The lowest BCUT2D eigenvalue weighted by atomic mass is 9.98. The Labute approximate surface area is 180 Å². The molecule has 0 N–H and O–H groups in total. The second kappa shape index (κ2) is 15.4. The minimum Gasteiger partial charge on any atom is -0.278 e. The lowest BCUT2D eigenvalue weighted by Gasteiger charge is -2.37. The fraction of sp³-hybridized carbons (Fsp3) is 0.760. The van der Waals surface area contributed by atoms with Gasteiger partial charge in [0.1, 0.15) is 5.52 Å². The molecule has 4 heteroatoms. The van der Waals surface area contributed by atoms with Crippen LogP contribution in [-0.4, -0.2) is 32.0 Å². The molecule has 2 atom stereocenters. The molecular weight excluding hydrogens is 356 g/mol. The maximum Gasteiger partial charge on any atom is 0.113 e. The van der Waals surface area contributed by atoms with Crippen molar-refractivity contribution >= 4 is 11.0 Å². The van der Waals surface area contributed by atoms with Gasteiger partial charge in [-0.2, -0.15) is 0 Å². The monoisotopic (exact) mass is 402 g/mol. The van der Waals surface area contributed by atoms with Gasteiger partial charge in [-0.1, -0.05) is 97.4 Å². The molecule has 4 nitrogen and oxygen atoms in total. The highest BCUT2D eigenvalue weighted by Crippen LogP contribution is 2.23. The molecule has 166 valence electrons. The number of nitrogens with zero attached hydrogens (tertiary/aromatic N) is 4. The van der Waals surface area contributed by atoms with Crippen molar-refractivity contribution in [2.45, 2.75) is 125 Å². The summed E-state index contributed by atoms with van der Waals surface area (Å²) in [4.78, 5) is 2.74. The molecule has 0 aliphatic carbocycles. The Hall–Kier alpha value is -1.42. The molecule has 0 aliphatic rings. The summed E-state index contributed by atoms with van der Waals surface area (Å²) in [5.41, 5.74) is 2.14. The topological polar surface area (TPSA) is 34.0 Å². The number of rotatable bonds is 14. The van der Waals surface area contributed by atoms with Crippen molar-refractivity contribution in [2.75, 3.05) is 0 Å². The van der Waals surface area contributed by atoms with E-state index in [1.807, 2.05) is 19.9 Å². The Kier molecular flexibility index (Phi) is 13.6. The quantitative estimate of drug-likeness (QED) is 0.308. The molecule has 0 amide bonds. The van der Waals surface area contributed by atoms with Crippen LogP contribution >= 0.6 is 0 Å². The molecule has 1 aromatic carbocycles. The van der Waals surface area contributed by atoms with Crippen LogP contribution in [0.4, 0.5) is 0 Å². The highest BCUT2D eigenvalue weighted by atomic mass is 15.5. The summed E-state index contributed by atoms with van der Waals surface area (Å²) in [5, 5.41) is 8.87. The molecule has 2 rings (SSSR count). The Bertz CT molecular complexity index is 619. The molecule has 1 aromatic heterocycles. The zero-order chi connectivity index (χ0) is 21.5. The van der Waals surface area contributed by atoms with Crippen LogP contribution in [0.25, 0.3) is 11.0 Å². The SMILES string of the molecule is CC.CCCCCC(CC)N(Cn1nnc2ccccc21)C(CC)CCCCC. The fourth-order valence-electron chi connectivity index (χ4n) is 4.17. The third kappa shape index (κ3) is 8.08. The molecule has 29 heavy (non-hydrogen) atoms. The average Bonchev–Trinajstić information content (AvgIpc) is 3.18. The van der Waals surface area contributed by atoms with Crippen molar-refractivity contribution in [3.05, 3.63) is 24.3 Å². The predicted octanol–water partition coefficient (Wildman–Crippen LogP) is 7.43. The van der Waals surface area contributed by atoms with Crippen LogP contribution in [0.15, 0.2) is 24.3 Å². The summed E-state index contributed by atoms with van der Waals surface area (Å²) < 4.78 is 2.11.